The minimum absolute atomic E-state index is 0.0575. The summed E-state index contributed by atoms with van der Waals surface area (Å²) < 4.78 is 35.7. The lowest BCUT2D eigenvalue weighted by atomic mass is 10.0. The predicted molar refractivity (Wildman–Crippen MR) is 165 cm³/mol. The van der Waals surface area contributed by atoms with E-state index in [1.54, 1.807) is 42.6 Å². The molecule has 42 heavy (non-hydrogen) atoms. The van der Waals surface area contributed by atoms with Gasteiger partial charge < -0.3 is 15.4 Å². The number of pyridine rings is 1. The Bertz CT molecular complexity index is 1700. The first kappa shape index (κ1) is 28.1. The van der Waals surface area contributed by atoms with Crippen molar-refractivity contribution >= 4 is 38.2 Å². The molecule has 218 valence electrons. The highest BCUT2D eigenvalue weighted by atomic mass is 32.2. The summed E-state index contributed by atoms with van der Waals surface area (Å²) in [7, 11) is -4.00. The first-order valence-electron chi connectivity index (χ1n) is 14.3. The molecule has 3 aromatic carbocycles. The summed E-state index contributed by atoms with van der Waals surface area (Å²) in [4.78, 5) is 22.2. The number of nitrogen functional groups attached to an aromatic ring is 1. The lowest BCUT2D eigenvalue weighted by Gasteiger charge is -2.40. The number of aromatic nitrogens is 1. The Morgan fingerprint density at radius 3 is 2.62 bits per heavy atom. The van der Waals surface area contributed by atoms with Crippen LogP contribution in [0.15, 0.2) is 83.9 Å². The molecule has 2 aliphatic rings. The summed E-state index contributed by atoms with van der Waals surface area (Å²) >= 11 is 0. The van der Waals surface area contributed by atoms with Crippen LogP contribution in [0.3, 0.4) is 0 Å². The molecule has 0 bridgehead atoms. The molecule has 9 nitrogen and oxygen atoms in total. The normalized spacial score (nSPS) is 19.7. The molecule has 2 atom stereocenters. The number of nitrogens with two attached hydrogens (primary N) is 1. The van der Waals surface area contributed by atoms with Crippen LogP contribution < -0.4 is 10.5 Å². The van der Waals surface area contributed by atoms with Crippen molar-refractivity contribution in [2.75, 3.05) is 43.2 Å². The first-order valence-corrected chi connectivity index (χ1v) is 15.8. The van der Waals surface area contributed by atoms with E-state index in [2.05, 4.69) is 21.5 Å². The number of ether oxygens (including phenoxy) is 1. The number of amides is 1. The fourth-order valence-electron chi connectivity index (χ4n) is 5.95. The van der Waals surface area contributed by atoms with E-state index >= 15 is 0 Å². The average Bonchev–Trinajstić information content (AvgIpc) is 3.50. The first-order chi connectivity index (χ1) is 20.3. The van der Waals surface area contributed by atoms with Gasteiger partial charge in [-0.1, -0.05) is 24.3 Å². The van der Waals surface area contributed by atoms with E-state index in [0.29, 0.717) is 46.2 Å². The maximum absolute atomic E-state index is 13.6. The zero-order valence-electron chi connectivity index (χ0n) is 23.6. The number of carbonyl (C=O) groups excluding carboxylic acids is 1. The second-order valence-electron chi connectivity index (χ2n) is 11.1. The van der Waals surface area contributed by atoms with Gasteiger partial charge in [-0.05, 0) is 68.3 Å². The summed E-state index contributed by atoms with van der Waals surface area (Å²) in [6, 6.07) is 20.8. The molecule has 2 fully saturated rings. The van der Waals surface area contributed by atoms with Crippen molar-refractivity contribution in [1.29, 1.82) is 0 Å². The van der Waals surface area contributed by atoms with Crippen molar-refractivity contribution < 1.29 is 17.9 Å². The van der Waals surface area contributed by atoms with Gasteiger partial charge in [0.15, 0.2) is 0 Å². The standard InChI is InChI=1S/C32H35N5O4S/c1-22-20-36(21-27-7-4-18-41-27)16-17-37(22)32(38)24-9-12-26(13-10-24)35-42(39,40)30-14-11-25(33)19-29(30)28-8-2-5-23-6-3-15-34-31(23)28/h2-3,5-6,8-15,19,22,27,35H,4,7,16-18,20-21,33H2,1H3/t22-,27+/m0/s1. The van der Waals surface area contributed by atoms with Gasteiger partial charge in [-0.25, -0.2) is 8.42 Å². The predicted octanol–water partition coefficient (Wildman–Crippen LogP) is 4.61. The van der Waals surface area contributed by atoms with Crippen LogP contribution in [0.5, 0.6) is 0 Å². The number of fused-ring (bicyclic) bond motifs is 1. The van der Waals surface area contributed by atoms with E-state index in [1.807, 2.05) is 35.2 Å². The van der Waals surface area contributed by atoms with E-state index in [9.17, 15) is 13.2 Å². The van der Waals surface area contributed by atoms with Crippen LogP contribution >= 0.6 is 0 Å². The third kappa shape index (κ3) is 5.83. The van der Waals surface area contributed by atoms with E-state index in [-0.39, 0.29) is 16.8 Å². The van der Waals surface area contributed by atoms with E-state index in [0.717, 1.165) is 44.5 Å². The number of para-hydroxylation sites is 1. The Morgan fingerprint density at radius 1 is 1.05 bits per heavy atom. The zero-order valence-corrected chi connectivity index (χ0v) is 24.4. The van der Waals surface area contributed by atoms with Gasteiger partial charge >= 0.3 is 0 Å². The molecular formula is C32H35N5O4S. The fraction of sp³-hybridized carbons (Fsp3) is 0.312. The Labute approximate surface area is 246 Å². The van der Waals surface area contributed by atoms with Gasteiger partial charge in [-0.2, -0.15) is 0 Å². The summed E-state index contributed by atoms with van der Waals surface area (Å²) in [5.74, 6) is -0.0575. The average molecular weight is 586 g/mol. The van der Waals surface area contributed by atoms with Crippen LogP contribution in [-0.4, -0.2) is 74.0 Å². The molecule has 3 N–H and O–H groups in total. The largest absolute Gasteiger partial charge is 0.399 e. The topological polar surface area (TPSA) is 118 Å². The lowest BCUT2D eigenvalue weighted by molar-refractivity contribution is 0.0279. The van der Waals surface area contributed by atoms with Crippen LogP contribution in [-0.2, 0) is 14.8 Å². The summed E-state index contributed by atoms with van der Waals surface area (Å²) in [6.45, 7) is 6.08. The van der Waals surface area contributed by atoms with Gasteiger partial charge in [0.2, 0.25) is 0 Å². The Kier molecular flexibility index (Phi) is 7.85. The molecule has 4 aromatic rings. The minimum Gasteiger partial charge on any atom is -0.399 e. The van der Waals surface area contributed by atoms with Crippen molar-refractivity contribution in [2.24, 2.45) is 0 Å². The van der Waals surface area contributed by atoms with E-state index in [4.69, 9.17) is 10.5 Å². The number of hydrogen-bond donors (Lipinski definition) is 2. The fourth-order valence-corrected chi connectivity index (χ4v) is 7.21. The summed E-state index contributed by atoms with van der Waals surface area (Å²) in [6.07, 6.45) is 4.19. The van der Waals surface area contributed by atoms with Gasteiger partial charge in [-0.15, -0.1) is 0 Å². The van der Waals surface area contributed by atoms with Crippen molar-refractivity contribution in [3.8, 4) is 11.1 Å². The summed E-state index contributed by atoms with van der Waals surface area (Å²) in [5.41, 5.74) is 9.24. The number of rotatable bonds is 7. The maximum Gasteiger partial charge on any atom is 0.262 e. The van der Waals surface area contributed by atoms with Crippen LogP contribution in [0.25, 0.3) is 22.0 Å². The number of benzene rings is 3. The smallest absolute Gasteiger partial charge is 0.262 e. The van der Waals surface area contributed by atoms with Gasteiger partial charge in [0.05, 0.1) is 16.5 Å². The molecule has 6 rings (SSSR count). The van der Waals surface area contributed by atoms with Crippen LogP contribution in [0.4, 0.5) is 11.4 Å². The van der Waals surface area contributed by atoms with Crippen molar-refractivity contribution in [3.05, 3.63) is 84.6 Å². The molecule has 1 aromatic heterocycles. The third-order valence-corrected chi connectivity index (χ3v) is 9.50. The SMILES string of the molecule is C[C@H]1CN(C[C@H]2CCCO2)CCN1C(=O)c1ccc(NS(=O)(=O)c2ccc(N)cc2-c2cccc3cccnc23)cc1. The van der Waals surface area contributed by atoms with Crippen molar-refractivity contribution in [1.82, 2.24) is 14.8 Å². The van der Waals surface area contributed by atoms with Crippen LogP contribution in [0.2, 0.25) is 0 Å². The highest BCUT2D eigenvalue weighted by Gasteiger charge is 2.30. The van der Waals surface area contributed by atoms with E-state index < -0.39 is 10.0 Å². The molecule has 0 saturated carbocycles. The third-order valence-electron chi connectivity index (χ3n) is 8.06. The number of nitrogens with zero attached hydrogens (tertiary/aromatic N) is 3. The number of piperazine rings is 1. The quantitative estimate of drug-likeness (QED) is 0.304. The molecule has 1 amide bonds. The molecule has 2 aliphatic heterocycles. The second kappa shape index (κ2) is 11.7. The molecule has 3 heterocycles. The molecule has 0 radical (unpaired) electrons. The van der Waals surface area contributed by atoms with E-state index in [1.165, 1.54) is 6.07 Å². The maximum atomic E-state index is 13.6. The monoisotopic (exact) mass is 585 g/mol. The highest BCUT2D eigenvalue weighted by molar-refractivity contribution is 7.92. The Hall–Kier alpha value is -3.99. The molecule has 0 aliphatic carbocycles. The molecule has 0 spiro atoms. The van der Waals surface area contributed by atoms with Crippen LogP contribution in [0, 0.1) is 0 Å². The molecular weight excluding hydrogens is 550 g/mol. The Balaban J connectivity index is 1.18. The molecule has 2 saturated heterocycles. The number of hydrogen-bond acceptors (Lipinski definition) is 7. The molecule has 0 unspecified atom stereocenters. The second-order valence-corrected chi connectivity index (χ2v) is 12.7. The Morgan fingerprint density at radius 2 is 1.86 bits per heavy atom. The van der Waals surface area contributed by atoms with Crippen molar-refractivity contribution in [2.45, 2.75) is 36.8 Å². The van der Waals surface area contributed by atoms with Gasteiger partial charge in [0, 0.05) is 78.5 Å². The van der Waals surface area contributed by atoms with Crippen molar-refractivity contribution in [3.63, 3.8) is 0 Å². The van der Waals surface area contributed by atoms with Gasteiger partial charge in [-0.3, -0.25) is 19.4 Å². The molecule has 10 heteroatoms. The van der Waals surface area contributed by atoms with Gasteiger partial charge in [0.25, 0.3) is 15.9 Å². The number of anilines is 2. The lowest BCUT2D eigenvalue weighted by Crippen LogP contribution is -2.55. The summed E-state index contributed by atoms with van der Waals surface area (Å²) in [5, 5.41) is 0.896. The number of nitrogens with one attached hydrogen (secondary N) is 1. The number of sulfonamides is 1. The zero-order chi connectivity index (χ0) is 29.3. The number of carbonyl (C=O) groups is 1. The minimum atomic E-state index is -4.00. The van der Waals surface area contributed by atoms with Gasteiger partial charge in [0.1, 0.15) is 0 Å². The highest BCUT2D eigenvalue weighted by Crippen LogP contribution is 2.34. The van der Waals surface area contributed by atoms with Crippen LogP contribution in [0.1, 0.15) is 30.1 Å².